The Morgan fingerprint density at radius 1 is 1.42 bits per heavy atom. The maximum absolute atomic E-state index is 12.7. The van der Waals surface area contributed by atoms with Crippen molar-refractivity contribution in [2.45, 2.75) is 38.8 Å². The molecule has 5 heterocycles. The van der Waals surface area contributed by atoms with Gasteiger partial charge in [0, 0.05) is 17.5 Å². The lowest BCUT2D eigenvalue weighted by Gasteiger charge is -2.49. The number of carbonyl (C=O) groups excluding carboxylic acids is 1. The molecule has 3 aliphatic heterocycles. The summed E-state index contributed by atoms with van der Waals surface area (Å²) in [5.41, 5.74) is 1.87. The molecule has 0 radical (unpaired) electrons. The molecule has 3 aliphatic rings. The van der Waals surface area contributed by atoms with E-state index in [0.29, 0.717) is 23.2 Å². The molecule has 5 nitrogen and oxygen atoms in total. The number of pyridine rings is 1. The molecule has 1 N–H and O–H groups in total. The Balaban J connectivity index is 1.59. The average molecular weight is 323 g/mol. The highest BCUT2D eigenvalue weighted by Crippen LogP contribution is 2.32. The highest BCUT2D eigenvalue weighted by molar-refractivity contribution is 5.97. The second-order valence-electron chi connectivity index (χ2n) is 6.70. The van der Waals surface area contributed by atoms with Gasteiger partial charge < -0.3 is 9.73 Å². The minimum absolute atomic E-state index is 0.112. The van der Waals surface area contributed by atoms with E-state index in [1.165, 1.54) is 12.8 Å². The maximum Gasteiger partial charge on any atom is 0.270 e. The van der Waals surface area contributed by atoms with Gasteiger partial charge in [-0.2, -0.15) is 0 Å². The lowest BCUT2D eigenvalue weighted by Crippen LogP contribution is -2.62. The summed E-state index contributed by atoms with van der Waals surface area (Å²) in [4.78, 5) is 19.4. The zero-order valence-corrected chi connectivity index (χ0v) is 14.0. The number of furan rings is 1. The molecule has 5 rings (SSSR count). The summed E-state index contributed by atoms with van der Waals surface area (Å²) in [6.45, 7) is 6.29. The largest absolute Gasteiger partial charge is 0.461 e. The van der Waals surface area contributed by atoms with Gasteiger partial charge in [0.15, 0.2) is 5.58 Å². The van der Waals surface area contributed by atoms with Gasteiger partial charge in [-0.3, -0.25) is 9.69 Å². The van der Waals surface area contributed by atoms with E-state index in [2.05, 4.69) is 34.0 Å². The van der Waals surface area contributed by atoms with E-state index in [4.69, 9.17) is 4.42 Å². The number of piperidine rings is 3. The van der Waals surface area contributed by atoms with Gasteiger partial charge in [-0.25, -0.2) is 4.98 Å². The first kappa shape index (κ1) is 15.2. The Morgan fingerprint density at radius 2 is 2.21 bits per heavy atom. The van der Waals surface area contributed by atoms with Crippen LogP contribution in [0.2, 0.25) is 0 Å². The molecule has 1 amide bonds. The van der Waals surface area contributed by atoms with E-state index in [-0.39, 0.29) is 11.9 Å². The first-order chi connectivity index (χ1) is 11.7. The van der Waals surface area contributed by atoms with Crippen molar-refractivity contribution in [2.75, 3.05) is 13.1 Å². The average Bonchev–Trinajstić information content (AvgIpc) is 3.01. The van der Waals surface area contributed by atoms with Crippen LogP contribution in [0, 0.1) is 17.8 Å². The molecule has 3 fully saturated rings. The summed E-state index contributed by atoms with van der Waals surface area (Å²) in [6.07, 6.45) is 5.55. The minimum Gasteiger partial charge on any atom is -0.461 e. The van der Waals surface area contributed by atoms with Crippen molar-refractivity contribution in [3.63, 3.8) is 0 Å². The van der Waals surface area contributed by atoms with Gasteiger partial charge in [0.05, 0.1) is 11.8 Å². The molecule has 124 valence electrons. The van der Waals surface area contributed by atoms with Crippen molar-refractivity contribution in [3.05, 3.63) is 29.8 Å². The number of nitrogens with zero attached hydrogens (tertiary/aromatic N) is 2. The highest BCUT2D eigenvalue weighted by Gasteiger charge is 2.40. The molecule has 0 aliphatic carbocycles. The zero-order chi connectivity index (χ0) is 16.7. The molecule has 2 aromatic heterocycles. The van der Waals surface area contributed by atoms with Gasteiger partial charge in [0.1, 0.15) is 12.0 Å². The molecular formula is C19H21N3O2. The first-order valence-corrected chi connectivity index (χ1v) is 8.52. The maximum atomic E-state index is 12.7. The van der Waals surface area contributed by atoms with Crippen LogP contribution in [0.3, 0.4) is 0 Å². The standard InChI is InChI=1S/C19H21N3O2/c1-3-4-14-11-24-17-10-20-16(9-15(14)17)19(23)21-18-12(2)22-7-5-13(18)6-8-22/h9-13,18H,5-8H2,1-2H3,(H,21,23)/t12-,18-/m0/s1. The molecule has 0 spiro atoms. The number of amides is 1. The van der Waals surface area contributed by atoms with E-state index in [1.807, 2.05) is 0 Å². The monoisotopic (exact) mass is 323 g/mol. The number of fused-ring (bicyclic) bond motifs is 4. The predicted octanol–water partition coefficient (Wildman–Crippen LogP) is 2.41. The van der Waals surface area contributed by atoms with Crippen LogP contribution in [-0.2, 0) is 0 Å². The van der Waals surface area contributed by atoms with E-state index in [0.717, 1.165) is 24.0 Å². The number of aromatic nitrogens is 1. The molecule has 2 atom stereocenters. The normalized spacial score (nSPS) is 28.4. The second kappa shape index (κ2) is 5.95. The number of hydrogen-bond donors (Lipinski definition) is 1. The van der Waals surface area contributed by atoms with Crippen molar-refractivity contribution in [1.82, 2.24) is 15.2 Å². The lowest BCUT2D eigenvalue weighted by atomic mass is 9.79. The minimum atomic E-state index is -0.112. The summed E-state index contributed by atoms with van der Waals surface area (Å²) >= 11 is 0. The molecule has 3 saturated heterocycles. The van der Waals surface area contributed by atoms with Crippen molar-refractivity contribution in [3.8, 4) is 11.8 Å². The smallest absolute Gasteiger partial charge is 0.270 e. The van der Waals surface area contributed by atoms with Crippen LogP contribution in [-0.4, -0.2) is 41.0 Å². The van der Waals surface area contributed by atoms with Crippen LogP contribution < -0.4 is 5.32 Å². The van der Waals surface area contributed by atoms with E-state index in [9.17, 15) is 4.79 Å². The molecule has 24 heavy (non-hydrogen) atoms. The van der Waals surface area contributed by atoms with Crippen LogP contribution in [0.25, 0.3) is 11.0 Å². The summed E-state index contributed by atoms with van der Waals surface area (Å²) < 4.78 is 5.44. The fourth-order valence-electron chi connectivity index (χ4n) is 4.06. The third-order valence-corrected chi connectivity index (χ3v) is 5.43. The molecule has 0 unspecified atom stereocenters. The number of hydrogen-bond acceptors (Lipinski definition) is 4. The van der Waals surface area contributed by atoms with Gasteiger partial charge in [-0.1, -0.05) is 5.92 Å². The molecule has 2 bridgehead atoms. The Bertz CT molecular complexity index is 835. The van der Waals surface area contributed by atoms with Crippen molar-refractivity contribution in [1.29, 1.82) is 0 Å². The number of nitrogens with one attached hydrogen (secondary N) is 1. The Hall–Kier alpha value is -2.32. The van der Waals surface area contributed by atoms with Crippen LogP contribution in [0.5, 0.6) is 0 Å². The van der Waals surface area contributed by atoms with Gasteiger partial charge >= 0.3 is 0 Å². The highest BCUT2D eigenvalue weighted by atomic mass is 16.3. The van der Waals surface area contributed by atoms with E-state index in [1.54, 1.807) is 25.5 Å². The van der Waals surface area contributed by atoms with Gasteiger partial charge in [-0.05, 0) is 51.8 Å². The second-order valence-corrected chi connectivity index (χ2v) is 6.70. The Morgan fingerprint density at radius 3 is 2.92 bits per heavy atom. The predicted molar refractivity (Wildman–Crippen MR) is 91.6 cm³/mol. The van der Waals surface area contributed by atoms with Crippen LogP contribution >= 0.6 is 0 Å². The van der Waals surface area contributed by atoms with Crippen LogP contribution in [0.15, 0.2) is 22.9 Å². The SMILES string of the molecule is CC#Cc1coc2cnc(C(=O)N[C@@H]3C4CCN(CC4)[C@H]3C)cc12. The Kier molecular flexibility index (Phi) is 3.78. The first-order valence-electron chi connectivity index (χ1n) is 8.52. The molecule has 5 heteroatoms. The van der Waals surface area contributed by atoms with Gasteiger partial charge in [-0.15, -0.1) is 5.92 Å². The summed E-state index contributed by atoms with van der Waals surface area (Å²) in [5, 5.41) is 4.05. The molecule has 0 aromatic carbocycles. The van der Waals surface area contributed by atoms with Crippen molar-refractivity contribution >= 4 is 16.9 Å². The van der Waals surface area contributed by atoms with Gasteiger partial charge in [0.25, 0.3) is 5.91 Å². The molecule has 2 aromatic rings. The molecular weight excluding hydrogens is 302 g/mol. The topological polar surface area (TPSA) is 58.4 Å². The number of carbonyl (C=O) groups is 1. The fourth-order valence-corrected chi connectivity index (χ4v) is 4.06. The van der Waals surface area contributed by atoms with Gasteiger partial charge in [0.2, 0.25) is 0 Å². The third kappa shape index (κ3) is 2.47. The Labute approximate surface area is 141 Å². The summed E-state index contributed by atoms with van der Waals surface area (Å²) in [5.74, 6) is 6.33. The van der Waals surface area contributed by atoms with Crippen molar-refractivity contribution in [2.24, 2.45) is 5.92 Å². The fraction of sp³-hybridized carbons (Fsp3) is 0.474. The third-order valence-electron chi connectivity index (χ3n) is 5.43. The van der Waals surface area contributed by atoms with Crippen molar-refractivity contribution < 1.29 is 9.21 Å². The lowest BCUT2D eigenvalue weighted by molar-refractivity contribution is 0.0216. The molecule has 0 saturated carbocycles. The van der Waals surface area contributed by atoms with E-state index < -0.39 is 0 Å². The number of rotatable bonds is 2. The van der Waals surface area contributed by atoms with Crippen LogP contribution in [0.1, 0.15) is 42.7 Å². The van der Waals surface area contributed by atoms with E-state index >= 15 is 0 Å². The summed E-state index contributed by atoms with van der Waals surface area (Å²) in [6, 6.07) is 2.37. The zero-order valence-electron chi connectivity index (χ0n) is 14.0. The quantitative estimate of drug-likeness (QED) is 0.862. The van der Waals surface area contributed by atoms with Crippen LogP contribution in [0.4, 0.5) is 0 Å². The summed E-state index contributed by atoms with van der Waals surface area (Å²) in [7, 11) is 0.